The summed E-state index contributed by atoms with van der Waals surface area (Å²) in [4.78, 5) is 4.08. The number of nitriles is 1. The standard InChI is InChI=1S/C9H13N3O/c1-9(2,3)8-12-6(5-10)7(11-4)13-8/h11H,1-4H3. The summed E-state index contributed by atoms with van der Waals surface area (Å²) in [7, 11) is 1.70. The summed E-state index contributed by atoms with van der Waals surface area (Å²) in [6.45, 7) is 5.96. The topological polar surface area (TPSA) is 61.9 Å². The summed E-state index contributed by atoms with van der Waals surface area (Å²) in [6.07, 6.45) is 0. The fourth-order valence-electron chi connectivity index (χ4n) is 0.886. The number of hydrogen-bond acceptors (Lipinski definition) is 4. The molecule has 0 radical (unpaired) electrons. The molecular formula is C9H13N3O. The molecule has 4 heteroatoms. The predicted molar refractivity (Wildman–Crippen MR) is 49.5 cm³/mol. The Morgan fingerprint density at radius 1 is 1.46 bits per heavy atom. The van der Waals surface area contributed by atoms with Gasteiger partial charge in [0.2, 0.25) is 17.5 Å². The predicted octanol–water partition coefficient (Wildman–Crippen LogP) is 1.89. The lowest BCUT2D eigenvalue weighted by Gasteiger charge is -2.11. The molecule has 0 saturated carbocycles. The molecule has 0 fully saturated rings. The molecule has 1 aromatic heterocycles. The molecule has 1 heterocycles. The van der Waals surface area contributed by atoms with Crippen molar-refractivity contribution in [3.63, 3.8) is 0 Å². The van der Waals surface area contributed by atoms with Gasteiger partial charge in [-0.15, -0.1) is 0 Å². The van der Waals surface area contributed by atoms with Crippen molar-refractivity contribution in [1.82, 2.24) is 4.98 Å². The summed E-state index contributed by atoms with van der Waals surface area (Å²) < 4.78 is 5.37. The highest BCUT2D eigenvalue weighted by atomic mass is 16.4. The average molecular weight is 179 g/mol. The first-order valence-corrected chi connectivity index (χ1v) is 4.08. The monoisotopic (exact) mass is 179 g/mol. The smallest absolute Gasteiger partial charge is 0.231 e. The molecule has 0 unspecified atom stereocenters. The van der Waals surface area contributed by atoms with Crippen LogP contribution < -0.4 is 5.32 Å². The molecule has 0 aliphatic rings. The zero-order valence-corrected chi connectivity index (χ0v) is 8.30. The fourth-order valence-corrected chi connectivity index (χ4v) is 0.886. The Labute approximate surface area is 77.6 Å². The summed E-state index contributed by atoms with van der Waals surface area (Å²) in [5, 5.41) is 11.5. The third-order valence-electron chi connectivity index (χ3n) is 1.60. The summed E-state index contributed by atoms with van der Waals surface area (Å²) >= 11 is 0. The van der Waals surface area contributed by atoms with Crippen LogP contribution in [0.15, 0.2) is 4.42 Å². The Bertz CT molecular complexity index is 341. The van der Waals surface area contributed by atoms with E-state index in [0.29, 0.717) is 17.5 Å². The van der Waals surface area contributed by atoms with Gasteiger partial charge in [-0.05, 0) is 0 Å². The van der Waals surface area contributed by atoms with E-state index in [4.69, 9.17) is 9.68 Å². The second-order valence-corrected chi connectivity index (χ2v) is 3.81. The van der Waals surface area contributed by atoms with Crippen LogP contribution >= 0.6 is 0 Å². The van der Waals surface area contributed by atoms with E-state index in [0.717, 1.165) is 0 Å². The second-order valence-electron chi connectivity index (χ2n) is 3.81. The van der Waals surface area contributed by atoms with Crippen molar-refractivity contribution in [3.8, 4) is 6.07 Å². The SMILES string of the molecule is CNc1oc(C(C)(C)C)nc1C#N. The number of aromatic nitrogens is 1. The van der Waals surface area contributed by atoms with Gasteiger partial charge in [-0.1, -0.05) is 20.8 Å². The molecule has 0 atom stereocenters. The molecule has 0 saturated heterocycles. The van der Waals surface area contributed by atoms with Gasteiger partial charge < -0.3 is 9.73 Å². The Balaban J connectivity index is 3.16. The van der Waals surface area contributed by atoms with Crippen molar-refractivity contribution in [2.75, 3.05) is 12.4 Å². The van der Waals surface area contributed by atoms with Gasteiger partial charge in [0.1, 0.15) is 6.07 Å². The molecule has 0 aliphatic heterocycles. The van der Waals surface area contributed by atoms with Crippen molar-refractivity contribution in [3.05, 3.63) is 11.6 Å². The van der Waals surface area contributed by atoms with Crippen molar-refractivity contribution in [1.29, 1.82) is 5.26 Å². The van der Waals surface area contributed by atoms with Crippen LogP contribution in [0.1, 0.15) is 32.4 Å². The van der Waals surface area contributed by atoms with E-state index in [1.165, 1.54) is 0 Å². The number of nitrogens with one attached hydrogen (secondary N) is 1. The highest BCUT2D eigenvalue weighted by molar-refractivity contribution is 5.45. The molecule has 0 aliphatic carbocycles. The Morgan fingerprint density at radius 2 is 2.08 bits per heavy atom. The normalized spacial score (nSPS) is 11.0. The maximum absolute atomic E-state index is 8.72. The molecule has 0 aromatic carbocycles. The largest absolute Gasteiger partial charge is 0.423 e. The highest BCUT2D eigenvalue weighted by Gasteiger charge is 2.23. The van der Waals surface area contributed by atoms with Gasteiger partial charge >= 0.3 is 0 Å². The lowest BCUT2D eigenvalue weighted by atomic mass is 9.97. The zero-order chi connectivity index (χ0) is 10.1. The van der Waals surface area contributed by atoms with Crippen LogP contribution in [-0.2, 0) is 5.41 Å². The van der Waals surface area contributed by atoms with Gasteiger partial charge in [0.25, 0.3) is 0 Å². The first kappa shape index (κ1) is 9.59. The maximum Gasteiger partial charge on any atom is 0.231 e. The van der Waals surface area contributed by atoms with Gasteiger partial charge in [-0.2, -0.15) is 10.2 Å². The van der Waals surface area contributed by atoms with Crippen LogP contribution in [-0.4, -0.2) is 12.0 Å². The minimum Gasteiger partial charge on any atom is -0.423 e. The van der Waals surface area contributed by atoms with E-state index < -0.39 is 0 Å². The van der Waals surface area contributed by atoms with Crippen LogP contribution in [0.3, 0.4) is 0 Å². The van der Waals surface area contributed by atoms with Gasteiger partial charge in [0.05, 0.1) is 0 Å². The first-order chi connectivity index (χ1) is 5.99. The van der Waals surface area contributed by atoms with Gasteiger partial charge in [-0.3, -0.25) is 0 Å². The molecule has 13 heavy (non-hydrogen) atoms. The van der Waals surface area contributed by atoms with Crippen molar-refractivity contribution < 1.29 is 4.42 Å². The minimum absolute atomic E-state index is 0.166. The maximum atomic E-state index is 8.72. The van der Waals surface area contributed by atoms with Crippen LogP contribution in [0.5, 0.6) is 0 Å². The van der Waals surface area contributed by atoms with Crippen LogP contribution in [0.2, 0.25) is 0 Å². The van der Waals surface area contributed by atoms with Crippen molar-refractivity contribution in [2.24, 2.45) is 0 Å². The fraction of sp³-hybridized carbons (Fsp3) is 0.556. The number of nitrogens with zero attached hydrogens (tertiary/aromatic N) is 2. The molecule has 0 spiro atoms. The lowest BCUT2D eigenvalue weighted by Crippen LogP contribution is -2.11. The summed E-state index contributed by atoms with van der Waals surface area (Å²) in [5.41, 5.74) is 0.146. The van der Waals surface area contributed by atoms with E-state index in [1.807, 2.05) is 26.8 Å². The molecular weight excluding hydrogens is 166 g/mol. The van der Waals surface area contributed by atoms with Gasteiger partial charge in [-0.25, -0.2) is 0 Å². The Kier molecular flexibility index (Phi) is 2.28. The Morgan fingerprint density at radius 3 is 2.38 bits per heavy atom. The summed E-state index contributed by atoms with van der Waals surface area (Å²) in [5.74, 6) is 1.01. The Hall–Kier alpha value is -1.50. The van der Waals surface area contributed by atoms with Crippen molar-refractivity contribution in [2.45, 2.75) is 26.2 Å². The number of hydrogen-bond donors (Lipinski definition) is 1. The molecule has 1 rings (SSSR count). The lowest BCUT2D eigenvalue weighted by molar-refractivity contribution is 0.400. The van der Waals surface area contributed by atoms with Crippen LogP contribution in [0.25, 0.3) is 0 Å². The molecule has 0 bridgehead atoms. The quantitative estimate of drug-likeness (QED) is 0.715. The second kappa shape index (κ2) is 3.09. The van der Waals surface area contributed by atoms with E-state index in [1.54, 1.807) is 7.05 Å². The van der Waals surface area contributed by atoms with E-state index in [2.05, 4.69) is 10.3 Å². The minimum atomic E-state index is -0.166. The van der Waals surface area contributed by atoms with E-state index in [-0.39, 0.29) is 5.41 Å². The van der Waals surface area contributed by atoms with Crippen molar-refractivity contribution >= 4 is 5.88 Å². The van der Waals surface area contributed by atoms with Crippen LogP contribution in [0.4, 0.5) is 5.88 Å². The van der Waals surface area contributed by atoms with Crippen LogP contribution in [0, 0.1) is 11.3 Å². The molecule has 4 nitrogen and oxygen atoms in total. The van der Waals surface area contributed by atoms with Gasteiger partial charge in [0.15, 0.2) is 0 Å². The molecule has 0 amide bonds. The van der Waals surface area contributed by atoms with Gasteiger partial charge in [0, 0.05) is 12.5 Å². The molecule has 1 N–H and O–H groups in total. The zero-order valence-electron chi connectivity index (χ0n) is 8.30. The first-order valence-electron chi connectivity index (χ1n) is 4.08. The summed E-state index contributed by atoms with van der Waals surface area (Å²) in [6, 6.07) is 1.97. The molecule has 1 aromatic rings. The average Bonchev–Trinajstić information content (AvgIpc) is 2.45. The number of rotatable bonds is 1. The highest BCUT2D eigenvalue weighted by Crippen LogP contribution is 2.26. The van der Waals surface area contributed by atoms with E-state index >= 15 is 0 Å². The molecule has 70 valence electrons. The van der Waals surface area contributed by atoms with E-state index in [9.17, 15) is 0 Å². The number of anilines is 1. The number of oxazole rings is 1. The third-order valence-corrected chi connectivity index (χ3v) is 1.60. The third kappa shape index (κ3) is 1.81.